The summed E-state index contributed by atoms with van der Waals surface area (Å²) in [5, 5.41) is 24.3. The van der Waals surface area contributed by atoms with Crippen LogP contribution in [0, 0.1) is 11.3 Å². The molecule has 2 amide bonds. The topological polar surface area (TPSA) is 173 Å². The van der Waals surface area contributed by atoms with Crippen molar-refractivity contribution in [2.45, 2.75) is 41.8 Å². The van der Waals surface area contributed by atoms with E-state index in [1.165, 1.54) is 59.8 Å². The van der Waals surface area contributed by atoms with Gasteiger partial charge >= 0.3 is 5.97 Å². The molecule has 47 heavy (non-hydrogen) atoms. The summed E-state index contributed by atoms with van der Waals surface area (Å²) < 4.78 is 55.5. The van der Waals surface area contributed by atoms with Crippen LogP contribution in [0.15, 0.2) is 65.8 Å². The minimum absolute atomic E-state index is 0.0202. The minimum Gasteiger partial charge on any atom is -0.480 e. The Balaban J connectivity index is 1.31. The number of sulfonamides is 1. The van der Waals surface area contributed by atoms with Gasteiger partial charge in [-0.25, -0.2) is 22.0 Å². The van der Waals surface area contributed by atoms with Crippen molar-refractivity contribution in [3.8, 4) is 6.07 Å². The number of nitriles is 1. The van der Waals surface area contributed by atoms with Crippen molar-refractivity contribution < 1.29 is 36.7 Å². The average Bonchev–Trinajstić information content (AvgIpc) is 3.47. The zero-order valence-corrected chi connectivity index (χ0v) is 26.6. The Morgan fingerprint density at radius 3 is 2.36 bits per heavy atom. The van der Waals surface area contributed by atoms with Crippen molar-refractivity contribution in [3.05, 3.63) is 87.7 Å². The molecule has 12 nitrogen and oxygen atoms in total. The first-order valence-electron chi connectivity index (χ1n) is 14.0. The lowest BCUT2D eigenvalue weighted by Crippen LogP contribution is -2.60. The highest BCUT2D eigenvalue weighted by Crippen LogP contribution is 2.36. The number of nitrogens with zero attached hydrogens (tertiary/aromatic N) is 4. The normalized spacial score (nSPS) is 20.1. The molecule has 0 unspecified atom stereocenters. The number of aromatic nitrogens is 1. The van der Waals surface area contributed by atoms with Gasteiger partial charge in [-0.3, -0.25) is 19.5 Å². The van der Waals surface area contributed by atoms with Gasteiger partial charge in [-0.2, -0.15) is 9.57 Å². The van der Waals surface area contributed by atoms with E-state index >= 15 is 0 Å². The van der Waals surface area contributed by atoms with Gasteiger partial charge in [-0.05, 0) is 42.3 Å². The summed E-state index contributed by atoms with van der Waals surface area (Å²) in [6, 6.07) is 9.47. The average molecular weight is 708 g/mol. The van der Waals surface area contributed by atoms with E-state index in [-0.39, 0.29) is 45.5 Å². The fourth-order valence-corrected chi connectivity index (χ4v) is 7.69. The molecule has 1 aromatic heterocycles. The zero-order chi connectivity index (χ0) is 34.1. The lowest BCUT2D eigenvalue weighted by Gasteiger charge is -2.42. The molecule has 0 saturated carbocycles. The maximum atomic E-state index is 13.7. The Morgan fingerprint density at radius 1 is 1.11 bits per heavy atom. The monoisotopic (exact) mass is 706 g/mol. The van der Waals surface area contributed by atoms with Crippen molar-refractivity contribution in [2.75, 3.05) is 25.0 Å². The first-order chi connectivity index (χ1) is 22.2. The van der Waals surface area contributed by atoms with E-state index in [1.807, 2.05) is 6.07 Å². The number of amides is 2. The van der Waals surface area contributed by atoms with E-state index in [9.17, 15) is 42.0 Å². The number of nitrogens with one attached hydrogen (secondary N) is 2. The van der Waals surface area contributed by atoms with Crippen molar-refractivity contribution in [2.24, 2.45) is 0 Å². The molecule has 3 atom stereocenters. The van der Waals surface area contributed by atoms with Crippen LogP contribution in [0.4, 0.5) is 14.5 Å². The third kappa shape index (κ3) is 7.53. The SMILES string of the molecule is N#Cc1cccc(S(=O)(=O)N2C[C@H](N3CC(F)(F)C3)C[C@H]2C(=O)N[C@@H](Cc2ccc(NC(=O)c3c(Cl)cncc3Cl)cc2)C(=O)O)c1. The van der Waals surface area contributed by atoms with Gasteiger partial charge in [-0.1, -0.05) is 41.4 Å². The number of anilines is 1. The van der Waals surface area contributed by atoms with Gasteiger partial charge in [0.25, 0.3) is 11.8 Å². The smallest absolute Gasteiger partial charge is 0.326 e. The molecule has 2 fully saturated rings. The van der Waals surface area contributed by atoms with Gasteiger partial charge < -0.3 is 15.7 Å². The van der Waals surface area contributed by atoms with Crippen LogP contribution >= 0.6 is 23.2 Å². The highest BCUT2D eigenvalue weighted by atomic mass is 35.5. The molecule has 246 valence electrons. The molecular weight excluding hydrogens is 681 g/mol. The number of aliphatic carboxylic acids is 1. The Labute approximate surface area is 277 Å². The Hall–Kier alpha value is -4.20. The molecule has 0 spiro atoms. The summed E-state index contributed by atoms with van der Waals surface area (Å²) in [4.78, 5) is 43.3. The van der Waals surface area contributed by atoms with E-state index < -0.39 is 64.9 Å². The molecule has 0 bridgehead atoms. The number of likely N-dealkylation sites (tertiary alicyclic amines) is 1. The predicted molar refractivity (Wildman–Crippen MR) is 166 cm³/mol. The molecule has 0 aliphatic carbocycles. The second-order valence-corrected chi connectivity index (χ2v) is 13.8. The molecule has 2 aliphatic heterocycles. The quantitative estimate of drug-likeness (QED) is 0.286. The number of hydrogen-bond acceptors (Lipinski definition) is 8. The predicted octanol–water partition coefficient (Wildman–Crippen LogP) is 3.41. The first-order valence-corrected chi connectivity index (χ1v) is 16.2. The third-order valence-corrected chi connectivity index (χ3v) is 10.3. The van der Waals surface area contributed by atoms with Gasteiger partial charge in [0.15, 0.2) is 0 Å². The molecule has 3 aromatic rings. The number of rotatable bonds is 10. The van der Waals surface area contributed by atoms with Gasteiger partial charge in [0.05, 0.1) is 45.2 Å². The summed E-state index contributed by atoms with van der Waals surface area (Å²) in [7, 11) is -4.39. The lowest BCUT2D eigenvalue weighted by atomic mass is 10.0. The summed E-state index contributed by atoms with van der Waals surface area (Å²) in [6.07, 6.45) is 2.18. The van der Waals surface area contributed by atoms with Crippen LogP contribution in [0.25, 0.3) is 0 Å². The molecule has 2 aromatic carbocycles. The Morgan fingerprint density at radius 2 is 1.77 bits per heavy atom. The fourth-order valence-electron chi connectivity index (χ4n) is 5.47. The van der Waals surface area contributed by atoms with Crippen LogP contribution in [0.2, 0.25) is 10.0 Å². The van der Waals surface area contributed by atoms with Crippen LogP contribution in [0.5, 0.6) is 0 Å². The number of carboxylic acid groups (broad SMARTS) is 1. The Kier molecular flexibility index (Phi) is 9.81. The first kappa shape index (κ1) is 34.1. The van der Waals surface area contributed by atoms with Crippen LogP contribution < -0.4 is 10.6 Å². The number of carboxylic acids is 1. The number of halogens is 4. The van der Waals surface area contributed by atoms with E-state index in [4.69, 9.17) is 23.2 Å². The van der Waals surface area contributed by atoms with Crippen molar-refractivity contribution in [1.82, 2.24) is 19.5 Å². The van der Waals surface area contributed by atoms with E-state index in [2.05, 4.69) is 15.6 Å². The largest absolute Gasteiger partial charge is 0.480 e. The number of hydrogen-bond donors (Lipinski definition) is 3. The van der Waals surface area contributed by atoms with Crippen LogP contribution in [0.1, 0.15) is 27.9 Å². The van der Waals surface area contributed by atoms with Crippen molar-refractivity contribution in [1.29, 1.82) is 5.26 Å². The number of carbonyl (C=O) groups excluding carboxylic acids is 2. The summed E-state index contributed by atoms with van der Waals surface area (Å²) in [5.74, 6) is -5.84. The fraction of sp³-hybridized carbons (Fsp3) is 0.300. The minimum atomic E-state index is -4.39. The van der Waals surface area contributed by atoms with E-state index in [0.717, 1.165) is 10.4 Å². The number of alkyl halides is 2. The second kappa shape index (κ2) is 13.5. The van der Waals surface area contributed by atoms with Crippen LogP contribution in [-0.2, 0) is 26.0 Å². The summed E-state index contributed by atoms with van der Waals surface area (Å²) in [5.41, 5.74) is 0.882. The maximum Gasteiger partial charge on any atom is 0.326 e. The van der Waals surface area contributed by atoms with Crippen molar-refractivity contribution >= 4 is 56.7 Å². The molecular formula is C30H26Cl2F2N6O6S. The summed E-state index contributed by atoms with van der Waals surface area (Å²) >= 11 is 12.1. The molecule has 5 rings (SSSR count). The van der Waals surface area contributed by atoms with E-state index in [0.29, 0.717) is 11.3 Å². The molecule has 0 radical (unpaired) electrons. The van der Waals surface area contributed by atoms with Crippen molar-refractivity contribution in [3.63, 3.8) is 0 Å². The third-order valence-electron chi connectivity index (χ3n) is 7.84. The standard InChI is InChI=1S/C30H26Cl2F2N6O6S/c31-22-12-36-13-23(32)26(22)28(42)37-19-6-4-17(5-7-19)9-24(29(43)44)38-27(41)25-10-20(39-15-30(33,34)16-39)14-40(25)47(45,46)21-3-1-2-18(8-21)11-35/h1-8,12-13,20,24-25H,9-10,14-16H2,(H,37,42)(H,38,41)(H,43,44)/t20-,24+,25+/m1/s1. The Bertz CT molecular complexity index is 1850. The lowest BCUT2D eigenvalue weighted by molar-refractivity contribution is -0.144. The summed E-state index contributed by atoms with van der Waals surface area (Å²) in [6.45, 7) is -1.48. The molecule has 2 saturated heterocycles. The van der Waals surface area contributed by atoms with Gasteiger partial charge in [0.1, 0.15) is 12.1 Å². The van der Waals surface area contributed by atoms with Crippen LogP contribution in [-0.4, -0.2) is 89.2 Å². The number of pyridine rings is 1. The van der Waals surface area contributed by atoms with Crippen LogP contribution in [0.3, 0.4) is 0 Å². The van der Waals surface area contributed by atoms with Gasteiger partial charge in [-0.15, -0.1) is 0 Å². The number of benzene rings is 2. The second-order valence-electron chi connectivity index (χ2n) is 11.1. The zero-order valence-electron chi connectivity index (χ0n) is 24.2. The highest BCUT2D eigenvalue weighted by Gasteiger charge is 2.53. The maximum absolute atomic E-state index is 13.7. The molecule has 3 heterocycles. The molecule has 3 N–H and O–H groups in total. The van der Waals surface area contributed by atoms with E-state index in [1.54, 1.807) is 0 Å². The van der Waals surface area contributed by atoms with Gasteiger partial charge in [0.2, 0.25) is 15.9 Å². The molecule has 17 heteroatoms. The highest BCUT2D eigenvalue weighted by molar-refractivity contribution is 7.89. The van der Waals surface area contributed by atoms with Gasteiger partial charge in [0, 0.05) is 37.1 Å². The number of carbonyl (C=O) groups is 3. The molecule has 2 aliphatic rings.